The van der Waals surface area contributed by atoms with Crippen molar-refractivity contribution in [2.45, 2.75) is 32.7 Å². The average molecular weight is 539 g/mol. The van der Waals surface area contributed by atoms with Crippen LogP contribution in [-0.2, 0) is 27.2 Å². The van der Waals surface area contributed by atoms with Crippen LogP contribution in [-0.4, -0.2) is 23.1 Å². The molecule has 9 nitrogen and oxygen atoms in total. The van der Waals surface area contributed by atoms with Crippen molar-refractivity contribution in [3.05, 3.63) is 117 Å². The fourth-order valence-corrected chi connectivity index (χ4v) is 4.78. The van der Waals surface area contributed by atoms with Gasteiger partial charge in [0.1, 0.15) is 12.8 Å². The number of carbonyl (C=O) groups is 2. The highest BCUT2D eigenvalue weighted by molar-refractivity contribution is 6.10. The monoisotopic (exact) mass is 538 g/mol. The Labute approximate surface area is 229 Å². The Bertz CT molecular complexity index is 1710. The second-order valence-corrected chi connectivity index (χ2v) is 9.51. The molecule has 0 unspecified atom stereocenters. The highest BCUT2D eigenvalue weighted by Crippen LogP contribution is 2.35. The minimum atomic E-state index is -0.453. The lowest BCUT2D eigenvalue weighted by Crippen LogP contribution is -2.30. The molecule has 1 amide bonds. The maximum Gasteiger partial charge on any atom is 0.246 e. The van der Waals surface area contributed by atoms with Crippen LogP contribution in [0.25, 0.3) is 10.9 Å². The molecular weight excluding hydrogens is 512 g/mol. The normalized spacial score (nSPS) is 15.5. The van der Waals surface area contributed by atoms with Gasteiger partial charge in [0.05, 0.1) is 16.5 Å². The number of ketones is 1. The summed E-state index contributed by atoms with van der Waals surface area (Å²) in [4.78, 5) is 40.1. The summed E-state index contributed by atoms with van der Waals surface area (Å²) in [5, 5.41) is 2.95. The van der Waals surface area contributed by atoms with E-state index in [4.69, 9.17) is 18.9 Å². The third-order valence-electron chi connectivity index (χ3n) is 6.92. The van der Waals surface area contributed by atoms with E-state index >= 15 is 0 Å². The van der Waals surface area contributed by atoms with Crippen molar-refractivity contribution in [3.63, 3.8) is 0 Å². The number of nitrogens with one attached hydrogen (secondary N) is 1. The lowest BCUT2D eigenvalue weighted by molar-refractivity contribution is -0.121. The first-order chi connectivity index (χ1) is 19.5. The van der Waals surface area contributed by atoms with Gasteiger partial charge in [-0.25, -0.2) is 0 Å². The third-order valence-corrected chi connectivity index (χ3v) is 6.92. The maximum absolute atomic E-state index is 13.5. The van der Waals surface area contributed by atoms with Gasteiger partial charge in [-0.2, -0.15) is 0 Å². The number of ether oxygens (including phenoxy) is 4. The largest absolute Gasteiger partial charge is 0.463 e. The molecule has 1 N–H and O–H groups in total. The summed E-state index contributed by atoms with van der Waals surface area (Å²) >= 11 is 0. The zero-order chi connectivity index (χ0) is 27.6. The number of pyridine rings is 1. The molecule has 2 aliphatic heterocycles. The zero-order valence-corrected chi connectivity index (χ0v) is 21.8. The van der Waals surface area contributed by atoms with Crippen molar-refractivity contribution in [3.8, 4) is 11.5 Å². The topological polar surface area (TPSA) is 105 Å². The van der Waals surface area contributed by atoms with Gasteiger partial charge in [-0.15, -0.1) is 0 Å². The first-order valence-electron chi connectivity index (χ1n) is 13.0. The summed E-state index contributed by atoms with van der Waals surface area (Å²) in [7, 11) is 0. The van der Waals surface area contributed by atoms with Gasteiger partial charge in [0.15, 0.2) is 29.3 Å². The molecular formula is C31H26N2O7. The van der Waals surface area contributed by atoms with Crippen molar-refractivity contribution >= 4 is 22.6 Å². The Balaban J connectivity index is 1.31. The fraction of sp³-hybridized carbons (Fsp3) is 0.194. The molecule has 2 aromatic carbocycles. The van der Waals surface area contributed by atoms with Crippen molar-refractivity contribution in [2.75, 3.05) is 6.79 Å². The maximum atomic E-state index is 13.5. The molecule has 3 aliphatic rings. The van der Waals surface area contributed by atoms with Gasteiger partial charge in [-0.3, -0.25) is 19.7 Å². The Morgan fingerprint density at radius 1 is 1.05 bits per heavy atom. The number of nitrogens with zero attached hydrogens (tertiary/aromatic N) is 1. The minimum absolute atomic E-state index is 0.0173. The molecule has 0 radical (unpaired) electrons. The second-order valence-electron chi connectivity index (χ2n) is 9.51. The van der Waals surface area contributed by atoms with E-state index < -0.39 is 17.1 Å². The van der Waals surface area contributed by atoms with Gasteiger partial charge in [0, 0.05) is 17.8 Å². The van der Waals surface area contributed by atoms with Gasteiger partial charge in [-0.05, 0) is 36.5 Å². The van der Waals surface area contributed by atoms with Crippen LogP contribution in [0.15, 0.2) is 95.4 Å². The van der Waals surface area contributed by atoms with E-state index in [1.165, 1.54) is 18.7 Å². The Hall–Kier alpha value is -5.05. The molecule has 1 aliphatic carbocycles. The molecule has 0 bridgehead atoms. The molecule has 0 saturated carbocycles. The smallest absolute Gasteiger partial charge is 0.246 e. The van der Waals surface area contributed by atoms with Crippen LogP contribution >= 0.6 is 0 Å². The van der Waals surface area contributed by atoms with Crippen LogP contribution in [0, 0.1) is 0 Å². The number of fused-ring (bicyclic) bond motifs is 2. The van der Waals surface area contributed by atoms with E-state index in [9.17, 15) is 14.4 Å². The van der Waals surface area contributed by atoms with E-state index in [2.05, 4.69) is 11.4 Å². The lowest BCUT2D eigenvalue weighted by Gasteiger charge is -2.20. The fourth-order valence-electron chi connectivity index (χ4n) is 4.78. The molecule has 9 heteroatoms. The summed E-state index contributed by atoms with van der Waals surface area (Å²) < 4.78 is 23.8. The van der Waals surface area contributed by atoms with Crippen molar-refractivity contribution < 1.29 is 28.5 Å². The molecule has 40 heavy (non-hydrogen) atoms. The molecule has 1 aromatic heterocycles. The van der Waals surface area contributed by atoms with Crippen molar-refractivity contribution in [1.82, 2.24) is 9.88 Å². The average Bonchev–Trinajstić information content (AvgIpc) is 3.46. The zero-order valence-electron chi connectivity index (χ0n) is 21.8. The number of benzene rings is 2. The number of hydrogen-bond donors (Lipinski definition) is 1. The predicted molar refractivity (Wildman–Crippen MR) is 147 cm³/mol. The van der Waals surface area contributed by atoms with Gasteiger partial charge < -0.3 is 23.5 Å². The summed E-state index contributed by atoms with van der Waals surface area (Å²) in [6.45, 7) is 1.83. The molecule has 3 heterocycles. The standard InChI is InChI=1S/C31H26N2O7/c1-2-19-8-10-21(11-9-19)30(35)23-14-33(24-13-26-25(38-18-39-26)12-22(24)31(23)36)15-28(34)32-29-17-37-16-27(40-29)20-6-4-3-5-7-20/h3-4,6,8-14,16-17H,2,5,7,15,18H2,1H3,(H,32,34). The van der Waals surface area contributed by atoms with Crippen molar-refractivity contribution in [2.24, 2.45) is 0 Å². The number of rotatable bonds is 7. The lowest BCUT2D eigenvalue weighted by atomic mass is 10.0. The molecule has 0 spiro atoms. The highest BCUT2D eigenvalue weighted by Gasteiger charge is 2.23. The van der Waals surface area contributed by atoms with Crippen LogP contribution < -0.4 is 20.2 Å². The number of aryl methyl sites for hydroxylation is 1. The number of amides is 1. The van der Waals surface area contributed by atoms with Gasteiger partial charge in [0.25, 0.3) is 0 Å². The van der Waals surface area contributed by atoms with E-state index in [1.54, 1.807) is 28.8 Å². The summed E-state index contributed by atoms with van der Waals surface area (Å²) in [5.74, 6) is 0.631. The number of allylic oxidation sites excluding steroid dienone is 4. The second kappa shape index (κ2) is 10.6. The minimum Gasteiger partial charge on any atom is -0.463 e. The molecule has 3 aromatic rings. The van der Waals surface area contributed by atoms with E-state index in [0.717, 1.165) is 30.4 Å². The first-order valence-corrected chi connectivity index (χ1v) is 13.0. The quantitative estimate of drug-likeness (QED) is 0.438. The van der Waals surface area contributed by atoms with Crippen LogP contribution in [0.4, 0.5) is 0 Å². The van der Waals surface area contributed by atoms with E-state index in [1.807, 2.05) is 31.2 Å². The Morgan fingerprint density at radius 3 is 2.60 bits per heavy atom. The van der Waals surface area contributed by atoms with Crippen LogP contribution in [0.2, 0.25) is 0 Å². The van der Waals surface area contributed by atoms with Gasteiger partial charge in [-0.1, -0.05) is 49.4 Å². The number of carbonyl (C=O) groups excluding carboxylic acids is 2. The van der Waals surface area contributed by atoms with Crippen LogP contribution in [0.5, 0.6) is 11.5 Å². The predicted octanol–water partition coefficient (Wildman–Crippen LogP) is 4.60. The first kappa shape index (κ1) is 25.2. The molecule has 202 valence electrons. The summed E-state index contributed by atoms with van der Waals surface area (Å²) in [6.07, 6.45) is 12.7. The number of hydrogen-bond acceptors (Lipinski definition) is 7. The summed E-state index contributed by atoms with van der Waals surface area (Å²) in [6, 6.07) is 10.3. The Morgan fingerprint density at radius 2 is 1.85 bits per heavy atom. The summed E-state index contributed by atoms with van der Waals surface area (Å²) in [5.41, 5.74) is 2.34. The van der Waals surface area contributed by atoms with Gasteiger partial charge in [0.2, 0.25) is 24.0 Å². The van der Waals surface area contributed by atoms with Gasteiger partial charge >= 0.3 is 0 Å². The van der Waals surface area contributed by atoms with E-state index in [-0.39, 0.29) is 30.2 Å². The molecule has 0 atom stereocenters. The Kier molecular flexibility index (Phi) is 6.69. The molecule has 0 saturated heterocycles. The van der Waals surface area contributed by atoms with Crippen LogP contribution in [0.1, 0.15) is 41.3 Å². The highest BCUT2D eigenvalue weighted by atomic mass is 16.7. The molecule has 0 fully saturated rings. The van der Waals surface area contributed by atoms with Crippen molar-refractivity contribution in [1.29, 1.82) is 0 Å². The van der Waals surface area contributed by atoms with E-state index in [0.29, 0.717) is 28.3 Å². The SMILES string of the molecule is CCc1ccc(C(=O)c2cn(CC(=O)NC3=COC=C(C4=CC=CCC4)O3)c3cc4c(cc3c2=O)OCO4)cc1. The molecule has 6 rings (SSSR count). The third kappa shape index (κ3) is 4.89. The number of aromatic nitrogens is 1. The van der Waals surface area contributed by atoms with Crippen LogP contribution in [0.3, 0.4) is 0 Å².